The SMILES string of the molecule is CCOc1ccc(NC(=S)Nc2sc(C(=O)OC)c(C)c2C(=O)OC)cc1. The number of ether oxygens (including phenoxy) is 3. The first-order valence-corrected chi connectivity index (χ1v) is 9.24. The summed E-state index contributed by atoms with van der Waals surface area (Å²) in [7, 11) is 2.56. The van der Waals surface area contributed by atoms with E-state index >= 15 is 0 Å². The van der Waals surface area contributed by atoms with E-state index in [1.54, 1.807) is 6.92 Å². The highest BCUT2D eigenvalue weighted by Crippen LogP contribution is 2.34. The van der Waals surface area contributed by atoms with Crippen molar-refractivity contribution < 1.29 is 23.8 Å². The molecule has 0 radical (unpaired) electrons. The summed E-state index contributed by atoms with van der Waals surface area (Å²) < 4.78 is 15.0. The van der Waals surface area contributed by atoms with Gasteiger partial charge in [0, 0.05) is 5.69 Å². The number of esters is 2. The van der Waals surface area contributed by atoms with Crippen LogP contribution in [-0.2, 0) is 9.47 Å². The van der Waals surface area contributed by atoms with Crippen molar-refractivity contribution in [1.82, 2.24) is 0 Å². The number of benzene rings is 1. The molecule has 2 N–H and O–H groups in total. The van der Waals surface area contributed by atoms with E-state index in [9.17, 15) is 9.59 Å². The maximum atomic E-state index is 12.1. The Morgan fingerprint density at radius 3 is 2.26 bits per heavy atom. The van der Waals surface area contributed by atoms with E-state index in [1.807, 2.05) is 31.2 Å². The molecule has 1 aromatic heterocycles. The second kappa shape index (κ2) is 9.33. The van der Waals surface area contributed by atoms with Gasteiger partial charge in [-0.3, -0.25) is 0 Å². The lowest BCUT2D eigenvalue weighted by Gasteiger charge is -2.11. The van der Waals surface area contributed by atoms with Gasteiger partial charge in [-0.05, 0) is 55.9 Å². The van der Waals surface area contributed by atoms with E-state index in [2.05, 4.69) is 10.6 Å². The largest absolute Gasteiger partial charge is 0.494 e. The van der Waals surface area contributed by atoms with Gasteiger partial charge in [-0.2, -0.15) is 0 Å². The third kappa shape index (κ3) is 4.95. The van der Waals surface area contributed by atoms with Gasteiger partial charge in [0.15, 0.2) is 5.11 Å². The molecule has 0 spiro atoms. The Morgan fingerprint density at radius 2 is 1.70 bits per heavy atom. The molecule has 1 heterocycles. The molecule has 0 aliphatic heterocycles. The zero-order valence-corrected chi connectivity index (χ0v) is 17.0. The van der Waals surface area contributed by atoms with Gasteiger partial charge in [0.05, 0.1) is 26.4 Å². The van der Waals surface area contributed by atoms with E-state index in [1.165, 1.54) is 14.2 Å². The molecule has 0 aliphatic carbocycles. The van der Waals surface area contributed by atoms with Crippen LogP contribution in [0.5, 0.6) is 5.75 Å². The molecule has 9 heteroatoms. The van der Waals surface area contributed by atoms with Crippen LogP contribution in [0.15, 0.2) is 24.3 Å². The van der Waals surface area contributed by atoms with Crippen molar-refractivity contribution in [3.8, 4) is 5.75 Å². The smallest absolute Gasteiger partial charge is 0.348 e. The predicted octanol–water partition coefficient (Wildman–Crippen LogP) is 3.84. The van der Waals surface area contributed by atoms with Crippen molar-refractivity contribution in [3.05, 3.63) is 40.3 Å². The van der Waals surface area contributed by atoms with Crippen molar-refractivity contribution in [2.75, 3.05) is 31.5 Å². The summed E-state index contributed by atoms with van der Waals surface area (Å²) in [5.41, 5.74) is 1.47. The fraction of sp³-hybridized carbons (Fsp3) is 0.278. The summed E-state index contributed by atoms with van der Waals surface area (Å²) in [5, 5.41) is 6.64. The van der Waals surface area contributed by atoms with E-state index < -0.39 is 11.9 Å². The summed E-state index contributed by atoms with van der Waals surface area (Å²) in [6.07, 6.45) is 0. The molecule has 144 valence electrons. The number of rotatable bonds is 6. The molecule has 0 unspecified atom stereocenters. The zero-order valence-electron chi connectivity index (χ0n) is 15.4. The van der Waals surface area contributed by atoms with Crippen LogP contribution in [0.4, 0.5) is 10.7 Å². The van der Waals surface area contributed by atoms with E-state index in [-0.39, 0.29) is 10.7 Å². The number of carbonyl (C=O) groups excluding carboxylic acids is 2. The molecule has 2 aromatic rings. The van der Waals surface area contributed by atoms with Gasteiger partial charge in [0.25, 0.3) is 0 Å². The molecular weight excluding hydrogens is 388 g/mol. The maximum absolute atomic E-state index is 12.1. The fourth-order valence-electron chi connectivity index (χ4n) is 2.30. The van der Waals surface area contributed by atoms with Crippen molar-refractivity contribution >= 4 is 51.3 Å². The third-order valence-electron chi connectivity index (χ3n) is 3.56. The number of anilines is 2. The van der Waals surface area contributed by atoms with Crippen molar-refractivity contribution in [2.24, 2.45) is 0 Å². The molecule has 0 atom stereocenters. The van der Waals surface area contributed by atoms with E-state index in [0.29, 0.717) is 22.0 Å². The molecule has 0 fully saturated rings. The first-order valence-electron chi connectivity index (χ1n) is 8.02. The van der Waals surface area contributed by atoms with Crippen LogP contribution < -0.4 is 15.4 Å². The molecule has 0 saturated heterocycles. The van der Waals surface area contributed by atoms with Gasteiger partial charge in [-0.25, -0.2) is 9.59 Å². The maximum Gasteiger partial charge on any atom is 0.348 e. The first kappa shape index (κ1) is 20.7. The highest BCUT2D eigenvalue weighted by Gasteiger charge is 2.26. The molecule has 0 aliphatic rings. The average molecular weight is 409 g/mol. The summed E-state index contributed by atoms with van der Waals surface area (Å²) in [4.78, 5) is 24.4. The molecule has 0 saturated carbocycles. The molecule has 2 rings (SSSR count). The topological polar surface area (TPSA) is 85.9 Å². The Hall–Kier alpha value is -2.65. The quantitative estimate of drug-likeness (QED) is 0.551. The van der Waals surface area contributed by atoms with Gasteiger partial charge >= 0.3 is 11.9 Å². The van der Waals surface area contributed by atoms with Gasteiger partial charge in [0.2, 0.25) is 0 Å². The predicted molar refractivity (Wildman–Crippen MR) is 109 cm³/mol. The normalized spacial score (nSPS) is 10.1. The van der Waals surface area contributed by atoms with Crippen LogP contribution in [0.25, 0.3) is 0 Å². The number of thiocarbonyl (C=S) groups is 1. The minimum absolute atomic E-state index is 0.249. The molecule has 0 bridgehead atoms. The fourth-order valence-corrected chi connectivity index (χ4v) is 3.71. The molecular formula is C18H20N2O5S2. The zero-order chi connectivity index (χ0) is 20.0. The van der Waals surface area contributed by atoms with Crippen molar-refractivity contribution in [1.29, 1.82) is 0 Å². The lowest BCUT2D eigenvalue weighted by Crippen LogP contribution is -2.20. The summed E-state index contributed by atoms with van der Waals surface area (Å²) in [6.45, 7) is 4.15. The van der Waals surface area contributed by atoms with Crippen LogP contribution in [0, 0.1) is 6.92 Å². The van der Waals surface area contributed by atoms with Crippen LogP contribution in [-0.4, -0.2) is 37.9 Å². The highest BCUT2D eigenvalue weighted by atomic mass is 32.1. The first-order chi connectivity index (χ1) is 12.9. The highest BCUT2D eigenvalue weighted by molar-refractivity contribution is 7.80. The van der Waals surface area contributed by atoms with Crippen LogP contribution in [0.2, 0.25) is 0 Å². The Morgan fingerprint density at radius 1 is 1.07 bits per heavy atom. The number of nitrogens with one attached hydrogen (secondary N) is 2. The second-order valence-electron chi connectivity index (χ2n) is 5.28. The lowest BCUT2D eigenvalue weighted by atomic mass is 10.1. The Labute approximate surface area is 166 Å². The summed E-state index contributed by atoms with van der Waals surface area (Å²) in [5.74, 6) is -0.335. The Balaban J connectivity index is 2.20. The molecule has 7 nitrogen and oxygen atoms in total. The Kier molecular flexibility index (Phi) is 7.14. The number of carbonyl (C=O) groups is 2. The minimum atomic E-state index is -0.565. The van der Waals surface area contributed by atoms with Crippen LogP contribution in [0.3, 0.4) is 0 Å². The van der Waals surface area contributed by atoms with Gasteiger partial charge in [-0.15, -0.1) is 11.3 Å². The number of thiophene rings is 1. The van der Waals surface area contributed by atoms with Crippen molar-refractivity contribution in [3.63, 3.8) is 0 Å². The van der Waals surface area contributed by atoms with E-state index in [4.69, 9.17) is 26.4 Å². The number of hydrogen-bond acceptors (Lipinski definition) is 7. The summed E-state index contributed by atoms with van der Waals surface area (Å²) >= 11 is 6.39. The van der Waals surface area contributed by atoms with Gasteiger partial charge in [0.1, 0.15) is 15.6 Å². The van der Waals surface area contributed by atoms with Gasteiger partial charge < -0.3 is 24.8 Å². The van der Waals surface area contributed by atoms with E-state index in [0.717, 1.165) is 22.8 Å². The average Bonchev–Trinajstić information content (AvgIpc) is 2.98. The monoisotopic (exact) mass is 408 g/mol. The molecule has 0 amide bonds. The number of methoxy groups -OCH3 is 2. The summed E-state index contributed by atoms with van der Waals surface area (Å²) in [6, 6.07) is 7.28. The van der Waals surface area contributed by atoms with Crippen LogP contribution in [0.1, 0.15) is 32.5 Å². The number of hydrogen-bond donors (Lipinski definition) is 2. The second-order valence-corrected chi connectivity index (χ2v) is 6.71. The van der Waals surface area contributed by atoms with Crippen molar-refractivity contribution in [2.45, 2.75) is 13.8 Å². The Bertz CT molecular complexity index is 846. The lowest BCUT2D eigenvalue weighted by molar-refractivity contribution is 0.0601. The third-order valence-corrected chi connectivity index (χ3v) is 4.95. The molecule has 27 heavy (non-hydrogen) atoms. The minimum Gasteiger partial charge on any atom is -0.494 e. The standard InChI is InChI=1S/C18H20N2O5S2/c1-5-25-12-8-6-11(7-9-12)19-18(26)20-15-13(16(21)23-3)10(2)14(27-15)17(22)24-4/h6-9H,5H2,1-4H3,(H2,19,20,26). The molecule has 1 aromatic carbocycles. The van der Waals surface area contributed by atoms with Gasteiger partial charge in [-0.1, -0.05) is 0 Å². The van der Waals surface area contributed by atoms with Crippen LogP contribution >= 0.6 is 23.6 Å².